The molecule has 0 aliphatic rings. The zero-order chi connectivity index (χ0) is 15.2. The summed E-state index contributed by atoms with van der Waals surface area (Å²) in [4.78, 5) is 0.259. The highest BCUT2D eigenvalue weighted by molar-refractivity contribution is 9.10. The second-order valence-electron chi connectivity index (χ2n) is 4.60. The van der Waals surface area contributed by atoms with Crippen LogP contribution in [-0.2, 0) is 21.3 Å². The Kier molecular flexibility index (Phi) is 7.11. The van der Waals surface area contributed by atoms with Crippen molar-refractivity contribution in [3.05, 3.63) is 28.2 Å². The zero-order valence-electron chi connectivity index (χ0n) is 11.9. The minimum absolute atomic E-state index is 0.181. The Morgan fingerprint density at radius 3 is 2.70 bits per heavy atom. The summed E-state index contributed by atoms with van der Waals surface area (Å²) in [5.41, 5.74) is 0.917. The fourth-order valence-electron chi connectivity index (χ4n) is 1.75. The lowest BCUT2D eigenvalue weighted by molar-refractivity contribution is 0.188. The van der Waals surface area contributed by atoms with E-state index in [0.717, 1.165) is 5.56 Å². The third-order valence-corrected chi connectivity index (χ3v) is 5.36. The second-order valence-corrected chi connectivity index (χ2v) is 7.14. The molecule has 20 heavy (non-hydrogen) atoms. The molecule has 1 atom stereocenters. The molecule has 0 fully saturated rings. The highest BCUT2D eigenvalue weighted by Gasteiger charge is 2.20. The van der Waals surface area contributed by atoms with Crippen molar-refractivity contribution in [1.29, 1.82) is 0 Å². The van der Waals surface area contributed by atoms with Crippen LogP contribution in [0.3, 0.4) is 0 Å². The number of sulfonamides is 1. The molecule has 0 radical (unpaired) electrons. The number of ether oxygens (including phenoxy) is 1. The zero-order valence-corrected chi connectivity index (χ0v) is 14.3. The molecule has 2 N–H and O–H groups in total. The molecule has 0 aliphatic carbocycles. The molecule has 0 saturated heterocycles. The van der Waals surface area contributed by atoms with Crippen LogP contribution in [0.4, 0.5) is 0 Å². The Labute approximate surface area is 129 Å². The summed E-state index contributed by atoms with van der Waals surface area (Å²) in [5, 5.41) is 3.00. The lowest BCUT2D eigenvalue weighted by atomic mass is 10.2. The first kappa shape index (κ1) is 17.6. The van der Waals surface area contributed by atoms with Crippen LogP contribution in [0.2, 0.25) is 0 Å². The van der Waals surface area contributed by atoms with E-state index in [2.05, 4.69) is 26.0 Å². The predicted octanol–water partition coefficient (Wildman–Crippen LogP) is 1.87. The van der Waals surface area contributed by atoms with Gasteiger partial charge in [-0.05, 0) is 54.0 Å². The van der Waals surface area contributed by atoms with Gasteiger partial charge in [0.2, 0.25) is 10.0 Å². The van der Waals surface area contributed by atoms with Gasteiger partial charge in [-0.1, -0.05) is 6.07 Å². The normalized spacial score (nSPS) is 13.4. The smallest absolute Gasteiger partial charge is 0.241 e. The van der Waals surface area contributed by atoms with Gasteiger partial charge < -0.3 is 10.1 Å². The van der Waals surface area contributed by atoms with Gasteiger partial charge in [0.05, 0.1) is 4.90 Å². The van der Waals surface area contributed by atoms with E-state index in [-0.39, 0.29) is 10.9 Å². The van der Waals surface area contributed by atoms with Crippen molar-refractivity contribution in [2.24, 2.45) is 0 Å². The van der Waals surface area contributed by atoms with Crippen LogP contribution in [0.25, 0.3) is 0 Å². The van der Waals surface area contributed by atoms with Crippen molar-refractivity contribution in [3.63, 3.8) is 0 Å². The lowest BCUT2D eigenvalue weighted by Crippen LogP contribution is -2.33. The molecule has 1 unspecified atom stereocenters. The summed E-state index contributed by atoms with van der Waals surface area (Å²) in [6.07, 6.45) is 0.629. The van der Waals surface area contributed by atoms with Gasteiger partial charge in [0.15, 0.2) is 0 Å². The fourth-order valence-corrected chi connectivity index (χ4v) is 4.04. The van der Waals surface area contributed by atoms with E-state index in [1.165, 1.54) is 0 Å². The molecule has 5 nitrogen and oxygen atoms in total. The van der Waals surface area contributed by atoms with E-state index in [0.29, 0.717) is 24.0 Å². The summed E-state index contributed by atoms with van der Waals surface area (Å²) >= 11 is 3.30. The van der Waals surface area contributed by atoms with Crippen molar-refractivity contribution >= 4 is 26.0 Å². The van der Waals surface area contributed by atoms with E-state index in [1.807, 2.05) is 20.0 Å². The van der Waals surface area contributed by atoms with Gasteiger partial charge in [-0.3, -0.25) is 0 Å². The minimum atomic E-state index is -3.54. The number of halogens is 1. The maximum Gasteiger partial charge on any atom is 0.241 e. The molecule has 1 aromatic rings. The van der Waals surface area contributed by atoms with Crippen molar-refractivity contribution in [2.75, 3.05) is 20.8 Å². The molecular weight excluding hydrogens is 344 g/mol. The van der Waals surface area contributed by atoms with Gasteiger partial charge in [0.1, 0.15) is 0 Å². The molecule has 0 amide bonds. The van der Waals surface area contributed by atoms with Crippen LogP contribution in [0, 0.1) is 0 Å². The maximum absolute atomic E-state index is 12.4. The summed E-state index contributed by atoms with van der Waals surface area (Å²) in [6, 6.07) is 5.13. The first-order chi connectivity index (χ1) is 9.40. The van der Waals surface area contributed by atoms with E-state index >= 15 is 0 Å². The third kappa shape index (κ3) is 5.14. The first-order valence-electron chi connectivity index (χ1n) is 6.35. The number of hydrogen-bond donors (Lipinski definition) is 2. The molecule has 0 aromatic heterocycles. The number of hydrogen-bond acceptors (Lipinski definition) is 4. The fraction of sp³-hybridized carbons (Fsp3) is 0.538. The molecule has 1 aromatic carbocycles. The standard InChI is InChI=1S/C13H21BrN2O3S/c1-10(6-7-19-3)16-20(17,18)13-8-11(9-15-2)4-5-12(13)14/h4-5,8,10,15-16H,6-7,9H2,1-3H3. The van der Waals surface area contributed by atoms with E-state index in [1.54, 1.807) is 19.2 Å². The van der Waals surface area contributed by atoms with Gasteiger partial charge in [-0.15, -0.1) is 0 Å². The highest BCUT2D eigenvalue weighted by Crippen LogP contribution is 2.23. The van der Waals surface area contributed by atoms with Gasteiger partial charge in [0.25, 0.3) is 0 Å². The molecule has 1 rings (SSSR count). The molecule has 0 saturated carbocycles. The van der Waals surface area contributed by atoms with Crippen LogP contribution >= 0.6 is 15.9 Å². The van der Waals surface area contributed by atoms with E-state index in [4.69, 9.17) is 4.74 Å². The van der Waals surface area contributed by atoms with Crippen LogP contribution in [0.5, 0.6) is 0 Å². The van der Waals surface area contributed by atoms with Crippen molar-refractivity contribution in [3.8, 4) is 0 Å². The van der Waals surface area contributed by atoms with Crippen LogP contribution in [-0.4, -0.2) is 35.2 Å². The Bertz CT molecular complexity index is 534. The van der Waals surface area contributed by atoms with Crippen LogP contribution in [0.15, 0.2) is 27.6 Å². The van der Waals surface area contributed by atoms with Gasteiger partial charge in [-0.25, -0.2) is 13.1 Å². The SMILES string of the molecule is CNCc1ccc(Br)c(S(=O)(=O)NC(C)CCOC)c1. The van der Waals surface area contributed by atoms with Crippen molar-refractivity contribution < 1.29 is 13.2 Å². The number of methoxy groups -OCH3 is 1. The third-order valence-electron chi connectivity index (χ3n) is 2.78. The van der Waals surface area contributed by atoms with Crippen LogP contribution < -0.4 is 10.0 Å². The average molecular weight is 365 g/mol. The molecule has 0 aliphatic heterocycles. The van der Waals surface area contributed by atoms with Gasteiger partial charge in [-0.2, -0.15) is 0 Å². The summed E-state index contributed by atoms with van der Waals surface area (Å²) < 4.78 is 32.9. The van der Waals surface area contributed by atoms with Crippen molar-refractivity contribution in [2.45, 2.75) is 30.8 Å². The molecule has 114 valence electrons. The Balaban J connectivity index is 2.93. The molecule has 0 bridgehead atoms. The summed E-state index contributed by atoms with van der Waals surface area (Å²) in [5.74, 6) is 0. The summed E-state index contributed by atoms with van der Waals surface area (Å²) in [7, 11) is -0.125. The monoisotopic (exact) mass is 364 g/mol. The first-order valence-corrected chi connectivity index (χ1v) is 8.62. The highest BCUT2D eigenvalue weighted by atomic mass is 79.9. The predicted molar refractivity (Wildman–Crippen MR) is 83.2 cm³/mol. The topological polar surface area (TPSA) is 67.4 Å². The molecular formula is C13H21BrN2O3S. The summed E-state index contributed by atoms with van der Waals surface area (Å²) in [6.45, 7) is 2.96. The average Bonchev–Trinajstić information content (AvgIpc) is 2.38. The largest absolute Gasteiger partial charge is 0.385 e. The molecule has 0 spiro atoms. The van der Waals surface area contributed by atoms with Crippen LogP contribution in [0.1, 0.15) is 18.9 Å². The van der Waals surface area contributed by atoms with Gasteiger partial charge in [0, 0.05) is 30.8 Å². The number of rotatable bonds is 8. The molecule has 7 heteroatoms. The quantitative estimate of drug-likeness (QED) is 0.738. The number of nitrogens with one attached hydrogen (secondary N) is 2. The minimum Gasteiger partial charge on any atom is -0.385 e. The van der Waals surface area contributed by atoms with Crippen molar-refractivity contribution in [1.82, 2.24) is 10.0 Å². The maximum atomic E-state index is 12.4. The van der Waals surface area contributed by atoms with E-state index in [9.17, 15) is 8.42 Å². The second kappa shape index (κ2) is 8.09. The van der Waals surface area contributed by atoms with Gasteiger partial charge >= 0.3 is 0 Å². The Morgan fingerprint density at radius 1 is 1.40 bits per heavy atom. The lowest BCUT2D eigenvalue weighted by Gasteiger charge is -2.15. The number of benzene rings is 1. The Morgan fingerprint density at radius 2 is 2.10 bits per heavy atom. The molecule has 0 heterocycles. The van der Waals surface area contributed by atoms with E-state index < -0.39 is 10.0 Å². The Hall–Kier alpha value is -0.470.